The minimum Gasteiger partial charge on any atom is -0.326 e. The summed E-state index contributed by atoms with van der Waals surface area (Å²) < 4.78 is 0. The third-order valence-corrected chi connectivity index (χ3v) is 2.60. The summed E-state index contributed by atoms with van der Waals surface area (Å²) in [5.41, 5.74) is 9.60. The average molecular weight is 197 g/mol. The lowest BCUT2D eigenvalue weighted by Gasteiger charge is -2.09. The number of allylic oxidation sites excluding steroid dienone is 4. The average Bonchev–Trinajstić information content (AvgIpc) is 2.55. The molecule has 0 atom stereocenters. The van der Waals surface area contributed by atoms with E-state index in [9.17, 15) is 0 Å². The van der Waals surface area contributed by atoms with Crippen LogP contribution in [0.5, 0.6) is 0 Å². The highest BCUT2D eigenvalue weighted by atomic mass is 14.5. The van der Waals surface area contributed by atoms with Crippen LogP contribution in [0.3, 0.4) is 0 Å². The molecular weight excluding hydrogens is 182 g/mol. The van der Waals surface area contributed by atoms with E-state index in [0.29, 0.717) is 6.54 Å². The summed E-state index contributed by atoms with van der Waals surface area (Å²) >= 11 is 0. The Morgan fingerprint density at radius 2 is 1.87 bits per heavy atom. The Morgan fingerprint density at radius 1 is 1.07 bits per heavy atom. The standard InChI is InChI=1S/C14H15N/c15-11-13-9-5-2-6-10-14(13)12-7-3-1-4-8-12/h1-9H,10-11,15H2. The van der Waals surface area contributed by atoms with Gasteiger partial charge in [0.15, 0.2) is 0 Å². The Labute approximate surface area is 90.6 Å². The van der Waals surface area contributed by atoms with Gasteiger partial charge in [-0.15, -0.1) is 0 Å². The number of benzene rings is 1. The van der Waals surface area contributed by atoms with Crippen LogP contribution in [0.2, 0.25) is 0 Å². The third-order valence-electron chi connectivity index (χ3n) is 2.60. The van der Waals surface area contributed by atoms with Crippen molar-refractivity contribution in [2.75, 3.05) is 6.54 Å². The van der Waals surface area contributed by atoms with Gasteiger partial charge in [-0.3, -0.25) is 0 Å². The van der Waals surface area contributed by atoms with Gasteiger partial charge in [0, 0.05) is 6.54 Å². The van der Waals surface area contributed by atoms with Crippen molar-refractivity contribution in [2.45, 2.75) is 6.42 Å². The van der Waals surface area contributed by atoms with Crippen molar-refractivity contribution in [1.29, 1.82) is 0 Å². The van der Waals surface area contributed by atoms with Gasteiger partial charge in [-0.1, -0.05) is 54.6 Å². The van der Waals surface area contributed by atoms with E-state index in [4.69, 9.17) is 5.73 Å². The third kappa shape index (κ3) is 2.25. The van der Waals surface area contributed by atoms with Crippen molar-refractivity contribution in [3.63, 3.8) is 0 Å². The van der Waals surface area contributed by atoms with E-state index < -0.39 is 0 Å². The zero-order valence-corrected chi connectivity index (χ0v) is 8.69. The maximum Gasteiger partial charge on any atom is 0.0181 e. The van der Waals surface area contributed by atoms with Crippen LogP contribution in [0.15, 0.2) is 60.2 Å². The van der Waals surface area contributed by atoms with E-state index in [1.807, 2.05) is 6.07 Å². The zero-order valence-electron chi connectivity index (χ0n) is 8.69. The lowest BCUT2D eigenvalue weighted by atomic mass is 9.97. The number of hydrogen-bond acceptors (Lipinski definition) is 1. The molecule has 2 rings (SSSR count). The zero-order chi connectivity index (χ0) is 10.5. The Morgan fingerprint density at radius 3 is 2.60 bits per heavy atom. The van der Waals surface area contributed by atoms with E-state index in [-0.39, 0.29) is 0 Å². The maximum absolute atomic E-state index is 5.76. The van der Waals surface area contributed by atoms with Gasteiger partial charge in [0.05, 0.1) is 0 Å². The predicted molar refractivity (Wildman–Crippen MR) is 65.3 cm³/mol. The molecule has 1 aromatic rings. The summed E-state index contributed by atoms with van der Waals surface area (Å²) in [6.45, 7) is 0.600. The highest BCUT2D eigenvalue weighted by molar-refractivity contribution is 5.73. The summed E-state index contributed by atoms with van der Waals surface area (Å²) in [6.07, 6.45) is 9.36. The van der Waals surface area contributed by atoms with Gasteiger partial charge in [0.1, 0.15) is 0 Å². The van der Waals surface area contributed by atoms with Crippen LogP contribution in [0.1, 0.15) is 12.0 Å². The Kier molecular flexibility index (Phi) is 3.15. The second-order valence-electron chi connectivity index (χ2n) is 3.57. The van der Waals surface area contributed by atoms with E-state index >= 15 is 0 Å². The summed E-state index contributed by atoms with van der Waals surface area (Å²) in [5.74, 6) is 0. The van der Waals surface area contributed by atoms with Crippen LogP contribution in [-0.2, 0) is 0 Å². The molecule has 1 aromatic carbocycles. The smallest absolute Gasteiger partial charge is 0.0181 e. The van der Waals surface area contributed by atoms with Crippen molar-refractivity contribution < 1.29 is 0 Å². The first kappa shape index (κ1) is 9.94. The first-order valence-electron chi connectivity index (χ1n) is 5.22. The van der Waals surface area contributed by atoms with Gasteiger partial charge < -0.3 is 5.73 Å². The molecule has 15 heavy (non-hydrogen) atoms. The minimum absolute atomic E-state index is 0.600. The molecule has 0 unspecified atom stereocenters. The molecule has 0 aliphatic heterocycles. The molecular formula is C14H15N. The van der Waals surface area contributed by atoms with E-state index in [1.165, 1.54) is 16.7 Å². The molecule has 1 aliphatic rings. The minimum atomic E-state index is 0.600. The number of hydrogen-bond donors (Lipinski definition) is 1. The van der Waals surface area contributed by atoms with Crippen molar-refractivity contribution in [3.8, 4) is 0 Å². The lowest BCUT2D eigenvalue weighted by molar-refractivity contribution is 1.17. The van der Waals surface area contributed by atoms with Gasteiger partial charge in [-0.2, -0.15) is 0 Å². The SMILES string of the molecule is NCC1=C(c2ccccc2)CC=CC=C1. The van der Waals surface area contributed by atoms with E-state index in [2.05, 4.69) is 48.6 Å². The Bertz CT molecular complexity index is 410. The summed E-state index contributed by atoms with van der Waals surface area (Å²) in [6, 6.07) is 10.4. The molecule has 0 amide bonds. The van der Waals surface area contributed by atoms with Crippen molar-refractivity contribution in [3.05, 3.63) is 65.8 Å². The summed E-state index contributed by atoms with van der Waals surface area (Å²) in [5, 5.41) is 0. The fourth-order valence-corrected chi connectivity index (χ4v) is 1.80. The predicted octanol–water partition coefficient (Wildman–Crippen LogP) is 2.92. The summed E-state index contributed by atoms with van der Waals surface area (Å²) in [4.78, 5) is 0. The largest absolute Gasteiger partial charge is 0.326 e. The van der Waals surface area contributed by atoms with Crippen molar-refractivity contribution in [2.24, 2.45) is 5.73 Å². The molecule has 0 saturated carbocycles. The molecule has 2 N–H and O–H groups in total. The second-order valence-corrected chi connectivity index (χ2v) is 3.57. The Balaban J connectivity index is 2.45. The fourth-order valence-electron chi connectivity index (χ4n) is 1.80. The highest BCUT2D eigenvalue weighted by Crippen LogP contribution is 2.24. The maximum atomic E-state index is 5.76. The number of nitrogens with two attached hydrogens (primary N) is 1. The molecule has 0 fully saturated rings. The van der Waals surface area contributed by atoms with Gasteiger partial charge >= 0.3 is 0 Å². The van der Waals surface area contributed by atoms with Gasteiger partial charge in [-0.05, 0) is 23.1 Å². The topological polar surface area (TPSA) is 26.0 Å². The molecule has 0 radical (unpaired) electrons. The van der Waals surface area contributed by atoms with Crippen molar-refractivity contribution in [1.82, 2.24) is 0 Å². The lowest BCUT2D eigenvalue weighted by Crippen LogP contribution is -2.03. The monoisotopic (exact) mass is 197 g/mol. The fraction of sp³-hybridized carbons (Fsp3) is 0.143. The van der Waals surface area contributed by atoms with E-state index in [0.717, 1.165) is 6.42 Å². The summed E-state index contributed by atoms with van der Waals surface area (Å²) in [7, 11) is 0. The van der Waals surface area contributed by atoms with Gasteiger partial charge in [0.2, 0.25) is 0 Å². The molecule has 1 heteroatoms. The highest BCUT2D eigenvalue weighted by Gasteiger charge is 2.05. The normalized spacial score (nSPS) is 15.5. The van der Waals surface area contributed by atoms with Gasteiger partial charge in [0.25, 0.3) is 0 Å². The van der Waals surface area contributed by atoms with Gasteiger partial charge in [-0.25, -0.2) is 0 Å². The van der Waals surface area contributed by atoms with Crippen LogP contribution in [0.4, 0.5) is 0 Å². The first-order chi connectivity index (χ1) is 7.42. The molecule has 0 saturated heterocycles. The Hall–Kier alpha value is -1.60. The van der Waals surface area contributed by atoms with Crippen LogP contribution in [0.25, 0.3) is 5.57 Å². The molecule has 1 aliphatic carbocycles. The van der Waals surface area contributed by atoms with Crippen LogP contribution < -0.4 is 5.73 Å². The quantitative estimate of drug-likeness (QED) is 0.775. The number of rotatable bonds is 2. The molecule has 0 heterocycles. The van der Waals surface area contributed by atoms with Crippen LogP contribution in [0, 0.1) is 0 Å². The van der Waals surface area contributed by atoms with Crippen molar-refractivity contribution >= 4 is 5.57 Å². The first-order valence-corrected chi connectivity index (χ1v) is 5.22. The second kappa shape index (κ2) is 4.76. The molecule has 0 bridgehead atoms. The molecule has 0 aromatic heterocycles. The molecule has 0 spiro atoms. The molecule has 76 valence electrons. The van der Waals surface area contributed by atoms with Crippen LogP contribution in [-0.4, -0.2) is 6.54 Å². The molecule has 1 nitrogen and oxygen atoms in total. The van der Waals surface area contributed by atoms with Crippen LogP contribution >= 0.6 is 0 Å². The van der Waals surface area contributed by atoms with E-state index in [1.54, 1.807) is 0 Å².